The molecule has 0 heterocycles. The summed E-state index contributed by atoms with van der Waals surface area (Å²) in [6.07, 6.45) is 34.2. The Balaban J connectivity index is 1.49. The van der Waals surface area contributed by atoms with Gasteiger partial charge in [0.15, 0.2) is 46.0 Å². The first-order valence-corrected chi connectivity index (χ1v) is 50.2. The highest BCUT2D eigenvalue weighted by Gasteiger charge is 2.27. The zero-order valence-corrected chi connectivity index (χ0v) is 82.8. The molecular formula is C124H144O8. The molecule has 6 aromatic carbocycles. The largest absolute Gasteiger partial charge is 0.489 e. The topological polar surface area (TPSA) is 73.8 Å². The second-order valence-electron chi connectivity index (χ2n) is 34.7. The van der Waals surface area contributed by atoms with Crippen LogP contribution in [0.25, 0.3) is 43.1 Å². The van der Waals surface area contributed by atoms with Crippen molar-refractivity contribution in [3.05, 3.63) is 70.8 Å². The molecular weight excluding hydrogens is 1620 g/mol. The minimum atomic E-state index is 0.345. The summed E-state index contributed by atoms with van der Waals surface area (Å²) in [6.45, 7) is 40.1. The Labute approximate surface area is 798 Å². The summed E-state index contributed by atoms with van der Waals surface area (Å²) in [6, 6.07) is 16.9. The van der Waals surface area contributed by atoms with Crippen molar-refractivity contribution in [3.8, 4) is 235 Å². The molecule has 0 aliphatic heterocycles. The van der Waals surface area contributed by atoms with Crippen LogP contribution in [0.15, 0.2) is 48.5 Å². The van der Waals surface area contributed by atoms with Gasteiger partial charge in [-0.1, -0.05) is 289 Å². The Morgan fingerprint density at radius 1 is 0.159 bits per heavy atom. The van der Waals surface area contributed by atoms with Gasteiger partial charge in [0.2, 0.25) is 0 Å². The highest BCUT2D eigenvalue weighted by molar-refractivity contribution is 6.16. The second-order valence-corrected chi connectivity index (χ2v) is 34.7. The minimum Gasteiger partial charge on any atom is -0.489 e. The average molecular weight is 1760 g/mol. The molecule has 8 nitrogen and oxygen atoms in total. The molecule has 1 aliphatic rings. The molecule has 8 unspecified atom stereocenters. The molecule has 0 saturated heterocycles. The van der Waals surface area contributed by atoms with Crippen molar-refractivity contribution < 1.29 is 37.9 Å². The lowest BCUT2D eigenvalue weighted by Crippen LogP contribution is -2.15. The summed E-state index contributed by atoms with van der Waals surface area (Å²) in [7, 11) is 0. The fraction of sp³-hybridized carbons (Fsp3) is 0.516. The number of ether oxygens (including phenoxy) is 8. The molecule has 0 radical (unpaired) electrons. The molecule has 8 atom stereocenters. The first-order chi connectivity index (χ1) is 64.9. The molecule has 0 aromatic heterocycles. The van der Waals surface area contributed by atoms with Gasteiger partial charge in [-0.2, -0.15) is 0 Å². The van der Waals surface area contributed by atoms with Crippen molar-refractivity contribution >= 4 is 43.1 Å². The number of hydrogen-bond acceptors (Lipinski definition) is 8. The molecule has 0 bridgehead atoms. The van der Waals surface area contributed by atoms with Gasteiger partial charge in [0, 0.05) is 43.8 Å². The van der Waals surface area contributed by atoms with Gasteiger partial charge in [-0.15, -0.1) is 0 Å². The molecule has 0 amide bonds. The van der Waals surface area contributed by atoms with Crippen LogP contribution in [0.1, 0.15) is 338 Å². The van der Waals surface area contributed by atoms with Crippen LogP contribution in [0.2, 0.25) is 0 Å². The highest BCUT2D eigenvalue weighted by Crippen LogP contribution is 2.47. The van der Waals surface area contributed by atoms with Crippen molar-refractivity contribution in [2.24, 2.45) is 47.3 Å². The summed E-state index contributed by atoms with van der Waals surface area (Å²) in [5, 5.41) is 6.72. The van der Waals surface area contributed by atoms with Gasteiger partial charge in [-0.05, 0) is 335 Å². The first kappa shape index (κ1) is 107. The molecule has 0 saturated carbocycles. The normalized spacial score (nSPS) is 12.9. The summed E-state index contributed by atoms with van der Waals surface area (Å²) >= 11 is 0. The Bertz CT molecular complexity index is 5140. The van der Waals surface area contributed by atoms with Gasteiger partial charge in [-0.3, -0.25) is 0 Å². The van der Waals surface area contributed by atoms with E-state index in [1.807, 2.05) is 0 Å². The van der Waals surface area contributed by atoms with E-state index in [1.165, 1.54) is 0 Å². The Kier molecular flexibility index (Phi) is 52.2. The van der Waals surface area contributed by atoms with Crippen LogP contribution in [-0.2, 0) is 0 Å². The molecule has 0 spiro atoms. The lowest BCUT2D eigenvalue weighted by molar-refractivity contribution is 0.199. The van der Waals surface area contributed by atoms with Crippen molar-refractivity contribution in [1.29, 1.82) is 0 Å². The number of fused-ring (bicyclic) bond motifs is 12. The molecule has 0 fully saturated rings. The minimum absolute atomic E-state index is 0.345. The van der Waals surface area contributed by atoms with Crippen molar-refractivity contribution in [1.82, 2.24) is 0 Å². The number of hydrogen-bond donors (Lipinski definition) is 0. The predicted octanol–water partition coefficient (Wildman–Crippen LogP) is 28.2. The van der Waals surface area contributed by atoms with Gasteiger partial charge >= 0.3 is 0 Å². The van der Waals surface area contributed by atoms with Crippen LogP contribution >= 0.6 is 0 Å². The zero-order chi connectivity index (χ0) is 94.4. The molecule has 7 rings (SSSR count). The first-order valence-electron chi connectivity index (χ1n) is 50.2. The van der Waals surface area contributed by atoms with Crippen LogP contribution in [0, 0.1) is 237 Å². The Hall–Kier alpha value is -12.3. The SMILES string of the molecule is CCCCC(CC)COc1cc2c3c(c4cc(OCC(CC)CCCC)c(OCC(CC)CCCC)cc4c2cc1OCC(CC)CCCC)C#CC#CC#CC#CC#CC#CC#CC#Cc1c(c2cc(OCC(CC)CCCC)c(OCC(CC)CCCC)cc2c2cc(OCC(CC)CCCC)c(OCC(CC)CCCC)cc12)C#CC#CC#CC#CC#CC#CC#CC#C3. The third-order valence-corrected chi connectivity index (χ3v) is 25.0. The van der Waals surface area contributed by atoms with Crippen molar-refractivity contribution in [3.63, 3.8) is 0 Å². The number of benzene rings is 6. The predicted molar refractivity (Wildman–Crippen MR) is 554 cm³/mol. The van der Waals surface area contributed by atoms with Gasteiger partial charge in [0.25, 0.3) is 0 Å². The molecule has 1 aliphatic carbocycles. The van der Waals surface area contributed by atoms with E-state index in [-0.39, 0.29) is 0 Å². The van der Waals surface area contributed by atoms with Gasteiger partial charge < -0.3 is 37.9 Å². The summed E-state index contributed by atoms with van der Waals surface area (Å²) in [5.74, 6) is 104. The Morgan fingerprint density at radius 3 is 0.386 bits per heavy atom. The average Bonchev–Trinajstić information content (AvgIpc) is 0.739. The van der Waals surface area contributed by atoms with Crippen LogP contribution in [0.3, 0.4) is 0 Å². The quantitative estimate of drug-likeness (QED) is 0.0276. The molecule has 8 heteroatoms. The van der Waals surface area contributed by atoms with E-state index in [1.54, 1.807) is 0 Å². The smallest absolute Gasteiger partial charge is 0.161 e. The number of rotatable bonds is 56. The Morgan fingerprint density at radius 2 is 0.273 bits per heavy atom. The fourth-order valence-corrected chi connectivity index (χ4v) is 15.9. The summed E-state index contributed by atoms with van der Waals surface area (Å²) < 4.78 is 56.1. The molecule has 0 N–H and O–H groups in total. The van der Waals surface area contributed by atoms with E-state index in [4.69, 9.17) is 37.9 Å². The van der Waals surface area contributed by atoms with E-state index in [2.05, 4.69) is 349 Å². The van der Waals surface area contributed by atoms with E-state index >= 15 is 0 Å². The van der Waals surface area contributed by atoms with Crippen molar-refractivity contribution in [2.45, 2.75) is 316 Å². The second kappa shape index (κ2) is 64.5. The monoisotopic (exact) mass is 1760 g/mol. The number of unbranched alkanes of at least 4 members (excludes halogenated alkanes) is 8. The molecule has 6 aromatic rings. The van der Waals surface area contributed by atoms with E-state index in [0.29, 0.717) is 168 Å². The van der Waals surface area contributed by atoms with E-state index in [0.717, 1.165) is 249 Å². The lowest BCUT2D eigenvalue weighted by Gasteiger charge is -2.23. The fourth-order valence-electron chi connectivity index (χ4n) is 15.9. The van der Waals surface area contributed by atoms with Crippen LogP contribution < -0.4 is 37.9 Å². The van der Waals surface area contributed by atoms with Gasteiger partial charge in [-0.25, -0.2) is 0 Å². The molecule has 688 valence electrons. The van der Waals surface area contributed by atoms with Crippen LogP contribution in [0.5, 0.6) is 46.0 Å². The van der Waals surface area contributed by atoms with Gasteiger partial charge in [0.05, 0.1) is 52.9 Å². The van der Waals surface area contributed by atoms with E-state index < -0.39 is 0 Å². The van der Waals surface area contributed by atoms with Crippen LogP contribution in [0.4, 0.5) is 0 Å². The van der Waals surface area contributed by atoms with Crippen molar-refractivity contribution in [2.75, 3.05) is 52.9 Å². The standard InChI is InChI=1S/C124H144O8/c1-17-33-69-97(25-9)89-125-117-81-109-105-77-65-61-57-53-49-45-41-42-47-51-55-59-63-67-79-107-108(112-84-120(128-92-100(28-12)72-36-20-4)124(132-96-104(32-16)76-40-24-8)88-116(112)115-87-123(131-95-103(31-15)75-39-23-7)119(83-111(107)115)127-91-99(27-11)71-35-19-3)80-68-64-60-56-52-48-44-43-46-50-54-58-62-66-78-106(105)110-82-118(126-90-98(26-10)70-34-18-2)122(130-94-102(30-14)74-38-22-6)86-114(110)113(109)85-121(117)129-93-101(29-13)73-37-21-5/h81-88,97-104H,17-40,69-76,89-96H2,1-16H3. The third kappa shape index (κ3) is 36.5. The summed E-state index contributed by atoms with van der Waals surface area (Å²) in [4.78, 5) is 0. The highest BCUT2D eigenvalue weighted by atomic mass is 16.5. The molecule has 132 heavy (non-hydrogen) atoms. The van der Waals surface area contributed by atoms with Gasteiger partial charge in [0.1, 0.15) is 0 Å². The maximum Gasteiger partial charge on any atom is 0.161 e. The maximum atomic E-state index is 7.02. The van der Waals surface area contributed by atoms with E-state index in [9.17, 15) is 0 Å². The zero-order valence-electron chi connectivity index (χ0n) is 82.8. The maximum absolute atomic E-state index is 7.02. The summed E-state index contributed by atoms with van der Waals surface area (Å²) in [5.41, 5.74) is 2.47. The van der Waals surface area contributed by atoms with Crippen LogP contribution in [-0.4, -0.2) is 52.9 Å². The third-order valence-electron chi connectivity index (χ3n) is 25.0. The lowest BCUT2D eigenvalue weighted by atomic mass is 9.90.